The van der Waals surface area contributed by atoms with E-state index in [4.69, 9.17) is 22.1 Å². The van der Waals surface area contributed by atoms with Crippen molar-refractivity contribution < 1.29 is 20.1 Å². The summed E-state index contributed by atoms with van der Waals surface area (Å²) in [5, 5.41) is 31.6. The van der Waals surface area contributed by atoms with Crippen LogP contribution < -0.4 is 0 Å². The van der Waals surface area contributed by atoms with Gasteiger partial charge in [0.2, 0.25) is 0 Å². The molecule has 2 aromatic heterocycles. The second-order valence-electron chi connectivity index (χ2n) is 4.29. The number of aliphatic hydroxyl groups excluding tert-OH is 3. The molecule has 0 aliphatic carbocycles. The molecule has 1 aliphatic rings. The number of ether oxygens (including phenoxy) is 1. The lowest BCUT2D eigenvalue weighted by molar-refractivity contribution is -0.0244. The molecule has 102 valence electrons. The second-order valence-corrected chi connectivity index (χ2v) is 4.68. The van der Waals surface area contributed by atoms with E-state index in [1.165, 1.54) is 17.0 Å². The first-order valence-corrected chi connectivity index (χ1v) is 6.08. The van der Waals surface area contributed by atoms with E-state index in [-0.39, 0.29) is 6.61 Å². The summed E-state index contributed by atoms with van der Waals surface area (Å²) in [6.45, 7) is -0.372. The minimum Gasteiger partial charge on any atom is -0.394 e. The van der Waals surface area contributed by atoms with E-state index in [1.807, 2.05) is 0 Å². The summed E-state index contributed by atoms with van der Waals surface area (Å²) in [6.07, 6.45) is -1.02. The third-order valence-corrected chi connectivity index (χ3v) is 3.47. The van der Waals surface area contributed by atoms with Crippen molar-refractivity contribution in [2.45, 2.75) is 24.4 Å². The highest BCUT2D eigenvalue weighted by molar-refractivity contribution is 7.71. The molecule has 0 bridgehead atoms. The molecule has 4 N–H and O–H groups in total. The SMILES string of the molecule is OC[C@H]1O[C@@H](c2cnc3c(=S)nc[nH]n23)[C@H](O)[C@@H]1O. The molecule has 1 fully saturated rings. The van der Waals surface area contributed by atoms with Crippen LogP contribution in [-0.4, -0.2) is 59.8 Å². The van der Waals surface area contributed by atoms with Gasteiger partial charge >= 0.3 is 0 Å². The number of aromatic nitrogens is 4. The monoisotopic (exact) mass is 284 g/mol. The molecule has 3 rings (SSSR count). The lowest BCUT2D eigenvalue weighted by Crippen LogP contribution is -2.32. The first-order valence-electron chi connectivity index (χ1n) is 5.67. The molecule has 1 aliphatic heterocycles. The van der Waals surface area contributed by atoms with E-state index in [9.17, 15) is 10.2 Å². The number of imidazole rings is 1. The van der Waals surface area contributed by atoms with Gasteiger partial charge < -0.3 is 20.1 Å². The molecule has 8 nitrogen and oxygen atoms in total. The minimum atomic E-state index is -1.15. The van der Waals surface area contributed by atoms with Crippen molar-refractivity contribution in [1.29, 1.82) is 0 Å². The Morgan fingerprint density at radius 1 is 1.37 bits per heavy atom. The van der Waals surface area contributed by atoms with Crippen LogP contribution in [0.1, 0.15) is 11.8 Å². The second kappa shape index (κ2) is 4.62. The third-order valence-electron chi connectivity index (χ3n) is 3.18. The zero-order chi connectivity index (χ0) is 13.6. The van der Waals surface area contributed by atoms with E-state index in [0.29, 0.717) is 16.0 Å². The predicted octanol–water partition coefficient (Wildman–Crippen LogP) is -1.06. The number of hydrogen-bond donors (Lipinski definition) is 4. The van der Waals surface area contributed by atoms with Crippen LogP contribution in [0, 0.1) is 4.64 Å². The molecule has 0 aromatic carbocycles. The molecule has 9 heteroatoms. The summed E-state index contributed by atoms with van der Waals surface area (Å²) in [7, 11) is 0. The Balaban J connectivity index is 2.06. The summed E-state index contributed by atoms with van der Waals surface area (Å²) in [5.41, 5.74) is 0.941. The largest absolute Gasteiger partial charge is 0.394 e. The van der Waals surface area contributed by atoms with Crippen molar-refractivity contribution in [3.05, 3.63) is 22.9 Å². The number of aromatic amines is 1. The van der Waals surface area contributed by atoms with Crippen molar-refractivity contribution in [2.24, 2.45) is 0 Å². The smallest absolute Gasteiger partial charge is 0.189 e. The van der Waals surface area contributed by atoms with Gasteiger partial charge in [-0.15, -0.1) is 0 Å². The van der Waals surface area contributed by atoms with E-state index < -0.39 is 24.4 Å². The molecular formula is C10H12N4O4S. The molecule has 0 unspecified atom stereocenters. The maximum absolute atomic E-state index is 9.98. The van der Waals surface area contributed by atoms with E-state index in [0.717, 1.165) is 0 Å². The predicted molar refractivity (Wildman–Crippen MR) is 64.9 cm³/mol. The Bertz CT molecular complexity index is 656. The van der Waals surface area contributed by atoms with Gasteiger partial charge in [0.15, 0.2) is 10.3 Å². The quantitative estimate of drug-likeness (QED) is 0.519. The van der Waals surface area contributed by atoms with Gasteiger partial charge in [-0.3, -0.25) is 5.10 Å². The molecule has 0 amide bonds. The highest BCUT2D eigenvalue weighted by Crippen LogP contribution is 2.33. The number of nitrogens with zero attached hydrogens (tertiary/aromatic N) is 3. The van der Waals surface area contributed by atoms with Crippen molar-refractivity contribution in [3.8, 4) is 0 Å². The first kappa shape index (κ1) is 12.6. The summed E-state index contributed by atoms with van der Waals surface area (Å²) in [6, 6.07) is 0. The molecule has 0 saturated carbocycles. The van der Waals surface area contributed by atoms with Crippen LogP contribution >= 0.6 is 12.2 Å². The number of H-pyrrole nitrogens is 1. The van der Waals surface area contributed by atoms with Gasteiger partial charge in [0.25, 0.3) is 0 Å². The van der Waals surface area contributed by atoms with Gasteiger partial charge in [0.1, 0.15) is 30.7 Å². The fraction of sp³-hybridized carbons (Fsp3) is 0.500. The molecule has 0 radical (unpaired) electrons. The third kappa shape index (κ3) is 1.86. The Hall–Kier alpha value is -1.39. The topological polar surface area (TPSA) is 116 Å². The highest BCUT2D eigenvalue weighted by Gasteiger charge is 2.44. The molecule has 4 atom stereocenters. The molecule has 1 saturated heterocycles. The summed E-state index contributed by atoms with van der Waals surface area (Å²) in [4.78, 5) is 8.00. The van der Waals surface area contributed by atoms with Gasteiger partial charge in [-0.1, -0.05) is 12.2 Å². The van der Waals surface area contributed by atoms with Gasteiger partial charge in [-0.2, -0.15) is 0 Å². The molecule has 19 heavy (non-hydrogen) atoms. The number of fused-ring (bicyclic) bond motifs is 1. The normalized spacial score (nSPS) is 31.1. The fourth-order valence-electron chi connectivity index (χ4n) is 2.20. The van der Waals surface area contributed by atoms with Crippen molar-refractivity contribution in [3.63, 3.8) is 0 Å². The number of aliphatic hydroxyl groups is 3. The zero-order valence-corrected chi connectivity index (χ0v) is 10.5. The molecule has 3 heterocycles. The van der Waals surface area contributed by atoms with Gasteiger partial charge in [0.05, 0.1) is 18.5 Å². The van der Waals surface area contributed by atoms with Crippen LogP contribution in [-0.2, 0) is 4.74 Å². The van der Waals surface area contributed by atoms with Crippen molar-refractivity contribution >= 4 is 17.9 Å². The number of rotatable bonds is 2. The number of hydrogen-bond acceptors (Lipinski definition) is 7. The Kier molecular flexibility index (Phi) is 3.07. The van der Waals surface area contributed by atoms with Gasteiger partial charge in [-0.25, -0.2) is 14.5 Å². The van der Waals surface area contributed by atoms with Crippen LogP contribution in [0.15, 0.2) is 12.5 Å². The maximum Gasteiger partial charge on any atom is 0.189 e. The van der Waals surface area contributed by atoms with E-state index in [1.54, 1.807) is 0 Å². The van der Waals surface area contributed by atoms with Crippen LogP contribution in [0.3, 0.4) is 0 Å². The average molecular weight is 284 g/mol. The Morgan fingerprint density at radius 2 is 2.16 bits per heavy atom. The summed E-state index contributed by atoms with van der Waals surface area (Å²) < 4.78 is 7.30. The Labute approximate surface area is 112 Å². The Morgan fingerprint density at radius 3 is 2.84 bits per heavy atom. The van der Waals surface area contributed by atoms with Gasteiger partial charge in [0, 0.05) is 0 Å². The molecule has 0 spiro atoms. The number of nitrogens with one attached hydrogen (secondary N) is 1. The fourth-order valence-corrected chi connectivity index (χ4v) is 2.40. The van der Waals surface area contributed by atoms with Crippen molar-refractivity contribution in [1.82, 2.24) is 19.6 Å². The van der Waals surface area contributed by atoms with Crippen LogP contribution in [0.4, 0.5) is 0 Å². The maximum atomic E-state index is 9.98. The van der Waals surface area contributed by atoms with E-state index in [2.05, 4.69) is 15.1 Å². The average Bonchev–Trinajstić information content (AvgIpc) is 2.94. The van der Waals surface area contributed by atoms with Crippen LogP contribution in [0.5, 0.6) is 0 Å². The summed E-state index contributed by atoms with van der Waals surface area (Å²) in [5.74, 6) is 0. The van der Waals surface area contributed by atoms with E-state index >= 15 is 0 Å². The standard InChI is InChI=1S/C10H12N4O4S/c15-2-5-6(16)7(17)8(18-5)4-1-11-9-10(19)12-3-13-14(4)9/h1,3,5-8,15-17H,2H2,(H,12,13,19)/t5-,6-,7-,8+/m1/s1. The van der Waals surface area contributed by atoms with Crippen LogP contribution in [0.25, 0.3) is 5.65 Å². The lowest BCUT2D eigenvalue weighted by atomic mass is 10.1. The zero-order valence-electron chi connectivity index (χ0n) is 9.67. The van der Waals surface area contributed by atoms with Gasteiger partial charge in [-0.05, 0) is 0 Å². The van der Waals surface area contributed by atoms with Crippen molar-refractivity contribution in [2.75, 3.05) is 6.61 Å². The molecular weight excluding hydrogens is 272 g/mol. The minimum absolute atomic E-state index is 0.316. The molecule has 2 aromatic rings. The summed E-state index contributed by atoms with van der Waals surface area (Å²) >= 11 is 5.03. The highest BCUT2D eigenvalue weighted by atomic mass is 32.1. The van der Waals surface area contributed by atoms with Crippen LogP contribution in [0.2, 0.25) is 0 Å². The first-order chi connectivity index (χ1) is 9.13. The lowest BCUT2D eigenvalue weighted by Gasteiger charge is -2.13.